The van der Waals surface area contributed by atoms with Crippen molar-refractivity contribution in [3.63, 3.8) is 0 Å². The number of esters is 1. The summed E-state index contributed by atoms with van der Waals surface area (Å²) in [7, 11) is 0. The van der Waals surface area contributed by atoms with E-state index in [9.17, 15) is 9.90 Å². The van der Waals surface area contributed by atoms with Crippen LogP contribution in [-0.2, 0) is 9.53 Å². The van der Waals surface area contributed by atoms with Crippen molar-refractivity contribution in [2.75, 3.05) is 6.61 Å². The Morgan fingerprint density at radius 2 is 2.12 bits per heavy atom. The van der Waals surface area contributed by atoms with Crippen molar-refractivity contribution in [2.24, 2.45) is 0 Å². The summed E-state index contributed by atoms with van der Waals surface area (Å²) in [5.41, 5.74) is 2.05. The summed E-state index contributed by atoms with van der Waals surface area (Å²) in [4.78, 5) is 15.6. The zero-order valence-corrected chi connectivity index (χ0v) is 14.4. The zero-order valence-electron chi connectivity index (χ0n) is 13.7. The van der Waals surface area contributed by atoms with E-state index < -0.39 is 0 Å². The van der Waals surface area contributed by atoms with Crippen LogP contribution >= 0.6 is 11.6 Å². The fourth-order valence-electron chi connectivity index (χ4n) is 2.06. The third kappa shape index (κ3) is 4.49. The second kappa shape index (κ2) is 7.84. The summed E-state index contributed by atoms with van der Waals surface area (Å²) in [6.45, 7) is 5.62. The molecule has 6 heteroatoms. The monoisotopic (exact) mass is 347 g/mol. The van der Waals surface area contributed by atoms with Crippen LogP contribution in [0.3, 0.4) is 0 Å². The standard InChI is InChI=1S/C18H18ClNO4/c1-4-23-18(22)12(3)8-13-7-11(2)17(15(19)9-13)24-16-6-5-14(21)10-20-16/h5-10,21H,4H2,1-3H3/b12-8+. The molecule has 0 aliphatic heterocycles. The fourth-order valence-corrected chi connectivity index (χ4v) is 2.37. The van der Waals surface area contributed by atoms with Crippen molar-refractivity contribution in [1.29, 1.82) is 0 Å². The van der Waals surface area contributed by atoms with E-state index in [-0.39, 0.29) is 11.7 Å². The van der Waals surface area contributed by atoms with Gasteiger partial charge < -0.3 is 14.6 Å². The van der Waals surface area contributed by atoms with Crippen LogP contribution in [0.25, 0.3) is 6.08 Å². The number of aryl methyl sites for hydroxylation is 1. The van der Waals surface area contributed by atoms with Crippen LogP contribution in [-0.4, -0.2) is 22.7 Å². The second-order valence-corrected chi connectivity index (χ2v) is 5.56. The van der Waals surface area contributed by atoms with E-state index in [1.54, 1.807) is 32.1 Å². The molecule has 1 N–H and O–H groups in total. The normalized spacial score (nSPS) is 11.2. The molecule has 126 valence electrons. The Morgan fingerprint density at radius 3 is 2.71 bits per heavy atom. The third-order valence-electron chi connectivity index (χ3n) is 3.16. The molecule has 1 aromatic heterocycles. The number of hydrogen-bond acceptors (Lipinski definition) is 5. The predicted octanol–water partition coefficient (Wildman–Crippen LogP) is 4.51. The number of ether oxygens (including phenoxy) is 2. The molecule has 0 aliphatic rings. The molecule has 0 atom stereocenters. The van der Waals surface area contributed by atoms with Gasteiger partial charge in [0.05, 0.1) is 17.8 Å². The smallest absolute Gasteiger partial charge is 0.333 e. The maximum absolute atomic E-state index is 11.7. The number of carbonyl (C=O) groups is 1. The number of carbonyl (C=O) groups excluding carboxylic acids is 1. The average Bonchev–Trinajstić information content (AvgIpc) is 2.53. The zero-order chi connectivity index (χ0) is 17.7. The van der Waals surface area contributed by atoms with E-state index in [0.717, 1.165) is 11.1 Å². The van der Waals surface area contributed by atoms with Crippen LogP contribution in [0.1, 0.15) is 25.0 Å². The second-order valence-electron chi connectivity index (χ2n) is 5.15. The molecule has 0 spiro atoms. The van der Waals surface area contributed by atoms with Crippen molar-refractivity contribution in [2.45, 2.75) is 20.8 Å². The maximum Gasteiger partial charge on any atom is 0.333 e. The summed E-state index contributed by atoms with van der Waals surface area (Å²) in [5, 5.41) is 9.64. The number of halogens is 1. The number of nitrogens with zero attached hydrogens (tertiary/aromatic N) is 1. The van der Waals surface area contributed by atoms with Crippen LogP contribution in [0, 0.1) is 6.92 Å². The topological polar surface area (TPSA) is 68.7 Å². The summed E-state index contributed by atoms with van der Waals surface area (Å²) in [6.07, 6.45) is 3.00. The highest BCUT2D eigenvalue weighted by Crippen LogP contribution is 2.34. The lowest BCUT2D eigenvalue weighted by molar-refractivity contribution is -0.138. The van der Waals surface area contributed by atoms with E-state index in [2.05, 4.69) is 4.98 Å². The Morgan fingerprint density at radius 1 is 1.38 bits per heavy atom. The lowest BCUT2D eigenvalue weighted by Gasteiger charge is -2.11. The molecule has 0 aliphatic carbocycles. The molecule has 2 rings (SSSR count). The molecule has 1 heterocycles. The molecule has 0 fully saturated rings. The van der Waals surface area contributed by atoms with Gasteiger partial charge in [-0.25, -0.2) is 9.78 Å². The van der Waals surface area contributed by atoms with E-state index in [1.807, 2.05) is 13.0 Å². The van der Waals surface area contributed by atoms with Gasteiger partial charge in [-0.15, -0.1) is 0 Å². The van der Waals surface area contributed by atoms with Gasteiger partial charge in [-0.05, 0) is 56.2 Å². The van der Waals surface area contributed by atoms with Gasteiger partial charge in [-0.3, -0.25) is 0 Å². The Balaban J connectivity index is 2.26. The number of benzene rings is 1. The Labute approximate surface area is 145 Å². The summed E-state index contributed by atoms with van der Waals surface area (Å²) < 4.78 is 10.6. The first kappa shape index (κ1) is 17.8. The van der Waals surface area contributed by atoms with Gasteiger partial charge in [-0.1, -0.05) is 11.6 Å². The molecule has 0 unspecified atom stereocenters. The molecule has 24 heavy (non-hydrogen) atoms. The van der Waals surface area contributed by atoms with Crippen molar-refractivity contribution < 1.29 is 19.4 Å². The predicted molar refractivity (Wildman–Crippen MR) is 92.4 cm³/mol. The Kier molecular flexibility index (Phi) is 5.82. The van der Waals surface area contributed by atoms with Gasteiger partial charge in [0.15, 0.2) is 5.75 Å². The van der Waals surface area contributed by atoms with Crippen molar-refractivity contribution in [3.8, 4) is 17.4 Å². The summed E-state index contributed by atoms with van der Waals surface area (Å²) >= 11 is 6.29. The summed E-state index contributed by atoms with van der Waals surface area (Å²) in [6, 6.07) is 6.58. The molecule has 0 radical (unpaired) electrons. The molecule has 2 aromatic rings. The molecule has 0 amide bonds. The van der Waals surface area contributed by atoms with Crippen molar-refractivity contribution in [1.82, 2.24) is 4.98 Å². The minimum atomic E-state index is -0.361. The molecular formula is C18H18ClNO4. The minimum absolute atomic E-state index is 0.0556. The SMILES string of the molecule is CCOC(=O)/C(C)=C/c1cc(C)c(Oc2ccc(O)cn2)c(Cl)c1. The molecule has 0 saturated heterocycles. The Bertz CT molecular complexity index is 746. The van der Waals surface area contributed by atoms with Crippen LogP contribution < -0.4 is 4.74 Å². The highest BCUT2D eigenvalue weighted by molar-refractivity contribution is 6.32. The molecular weight excluding hydrogens is 330 g/mol. The number of rotatable bonds is 5. The first-order valence-corrected chi connectivity index (χ1v) is 7.77. The average molecular weight is 348 g/mol. The first-order chi connectivity index (χ1) is 11.4. The number of aromatic hydroxyl groups is 1. The van der Waals surface area contributed by atoms with E-state index in [1.165, 1.54) is 12.3 Å². The van der Waals surface area contributed by atoms with Gasteiger partial charge >= 0.3 is 5.97 Å². The maximum atomic E-state index is 11.7. The van der Waals surface area contributed by atoms with Gasteiger partial charge in [0.2, 0.25) is 5.88 Å². The third-order valence-corrected chi connectivity index (χ3v) is 3.44. The van der Waals surface area contributed by atoms with Gasteiger partial charge in [-0.2, -0.15) is 0 Å². The minimum Gasteiger partial charge on any atom is -0.506 e. The quantitative estimate of drug-likeness (QED) is 0.636. The van der Waals surface area contributed by atoms with E-state index in [0.29, 0.717) is 28.8 Å². The van der Waals surface area contributed by atoms with Crippen LogP contribution in [0.5, 0.6) is 17.4 Å². The van der Waals surface area contributed by atoms with Crippen molar-refractivity contribution in [3.05, 3.63) is 52.2 Å². The van der Waals surface area contributed by atoms with Gasteiger partial charge in [0.1, 0.15) is 5.75 Å². The lowest BCUT2D eigenvalue weighted by Crippen LogP contribution is -2.04. The lowest BCUT2D eigenvalue weighted by atomic mass is 10.1. The van der Waals surface area contributed by atoms with Crippen LogP contribution in [0.2, 0.25) is 5.02 Å². The molecule has 1 aromatic carbocycles. The molecule has 5 nitrogen and oxygen atoms in total. The van der Waals surface area contributed by atoms with E-state index in [4.69, 9.17) is 21.1 Å². The van der Waals surface area contributed by atoms with E-state index >= 15 is 0 Å². The first-order valence-electron chi connectivity index (χ1n) is 7.39. The Hall–Kier alpha value is -2.53. The van der Waals surface area contributed by atoms with Gasteiger partial charge in [0, 0.05) is 11.6 Å². The summed E-state index contributed by atoms with van der Waals surface area (Å²) in [5.74, 6) is 0.490. The highest BCUT2D eigenvalue weighted by Gasteiger charge is 2.11. The highest BCUT2D eigenvalue weighted by atomic mass is 35.5. The van der Waals surface area contributed by atoms with Crippen LogP contribution in [0.4, 0.5) is 0 Å². The molecule has 0 bridgehead atoms. The number of aromatic nitrogens is 1. The van der Waals surface area contributed by atoms with Crippen LogP contribution in [0.15, 0.2) is 36.0 Å². The molecule has 0 saturated carbocycles. The number of hydrogen-bond donors (Lipinski definition) is 1. The largest absolute Gasteiger partial charge is 0.506 e. The fraction of sp³-hybridized carbons (Fsp3) is 0.222. The number of pyridine rings is 1. The van der Waals surface area contributed by atoms with Gasteiger partial charge in [0.25, 0.3) is 0 Å². The van der Waals surface area contributed by atoms with Crippen molar-refractivity contribution >= 4 is 23.6 Å².